The van der Waals surface area contributed by atoms with Crippen molar-refractivity contribution in [1.82, 2.24) is 9.97 Å². The van der Waals surface area contributed by atoms with Gasteiger partial charge in [-0.2, -0.15) is 5.10 Å². The minimum absolute atomic E-state index is 0.0557. The van der Waals surface area contributed by atoms with Gasteiger partial charge < -0.3 is 9.84 Å². The highest BCUT2D eigenvalue weighted by Gasteiger charge is 2.15. The molecule has 0 saturated heterocycles. The number of hydrogen-bond acceptors (Lipinski definition) is 8. The van der Waals surface area contributed by atoms with Gasteiger partial charge in [-0.15, -0.1) is 0 Å². The number of aromatic amines is 1. The normalized spacial score (nSPS) is 10.8. The van der Waals surface area contributed by atoms with Crippen LogP contribution in [0.3, 0.4) is 0 Å². The summed E-state index contributed by atoms with van der Waals surface area (Å²) in [4.78, 5) is 29.0. The topological polar surface area (TPSA) is 143 Å². The van der Waals surface area contributed by atoms with Crippen LogP contribution < -0.4 is 15.7 Å². The third-order valence-electron chi connectivity index (χ3n) is 3.71. The Hall–Kier alpha value is -4.21. The molecule has 28 heavy (non-hydrogen) atoms. The Morgan fingerprint density at radius 3 is 2.71 bits per heavy atom. The van der Waals surface area contributed by atoms with E-state index in [0.717, 1.165) is 23.9 Å². The molecule has 142 valence electrons. The fourth-order valence-corrected chi connectivity index (χ4v) is 2.40. The third-order valence-corrected chi connectivity index (χ3v) is 3.71. The summed E-state index contributed by atoms with van der Waals surface area (Å²) in [5.41, 5.74) is 3.14. The molecule has 0 atom stereocenters. The van der Waals surface area contributed by atoms with Crippen molar-refractivity contribution in [1.29, 1.82) is 0 Å². The molecular weight excluding hydrogens is 366 g/mol. The number of phenols is 1. The second-order valence-electron chi connectivity index (χ2n) is 5.56. The van der Waals surface area contributed by atoms with E-state index in [2.05, 4.69) is 20.5 Å². The lowest BCUT2D eigenvalue weighted by molar-refractivity contribution is -0.385. The minimum atomic E-state index is -0.616. The number of nitrogens with one attached hydrogen (secondary N) is 2. The molecule has 3 rings (SSSR count). The number of hydrazone groups is 1. The number of nitro benzene ring substituents is 1. The molecule has 10 heteroatoms. The Morgan fingerprint density at radius 2 is 2.04 bits per heavy atom. The Labute approximate surface area is 158 Å². The van der Waals surface area contributed by atoms with Gasteiger partial charge in [0, 0.05) is 23.3 Å². The Kier molecular flexibility index (Phi) is 5.30. The largest absolute Gasteiger partial charge is 0.504 e. The summed E-state index contributed by atoms with van der Waals surface area (Å²) < 4.78 is 4.93. The number of non-ortho nitro benzene ring substituents is 1. The van der Waals surface area contributed by atoms with Crippen LogP contribution >= 0.6 is 0 Å². The molecule has 0 saturated carbocycles. The summed E-state index contributed by atoms with van der Waals surface area (Å²) in [6.45, 7) is 0. The van der Waals surface area contributed by atoms with E-state index in [0.29, 0.717) is 5.69 Å². The zero-order valence-electron chi connectivity index (χ0n) is 14.6. The predicted octanol–water partition coefficient (Wildman–Crippen LogP) is 2.51. The molecule has 0 unspecified atom stereocenters. The number of ether oxygens (including phenoxy) is 1. The van der Waals surface area contributed by atoms with Crippen LogP contribution in [0.1, 0.15) is 5.56 Å². The molecule has 0 amide bonds. The monoisotopic (exact) mass is 381 g/mol. The van der Waals surface area contributed by atoms with Gasteiger partial charge in [0.1, 0.15) is 0 Å². The van der Waals surface area contributed by atoms with Crippen molar-refractivity contribution in [2.75, 3.05) is 12.5 Å². The zero-order chi connectivity index (χ0) is 20.1. The van der Waals surface area contributed by atoms with E-state index in [4.69, 9.17) is 4.74 Å². The van der Waals surface area contributed by atoms with Crippen molar-refractivity contribution in [2.45, 2.75) is 0 Å². The molecule has 0 aliphatic rings. The van der Waals surface area contributed by atoms with Crippen LogP contribution in [0.4, 0.5) is 11.6 Å². The fourth-order valence-electron chi connectivity index (χ4n) is 2.40. The second kappa shape index (κ2) is 7.99. The molecular formula is C18H15N5O5. The van der Waals surface area contributed by atoms with Gasteiger partial charge in [0.05, 0.1) is 30.0 Å². The number of methoxy groups -OCH3 is 1. The zero-order valence-corrected chi connectivity index (χ0v) is 14.6. The number of aromatic hydroxyl groups is 1. The lowest BCUT2D eigenvalue weighted by Crippen LogP contribution is -2.10. The quantitative estimate of drug-likeness (QED) is 0.338. The molecule has 0 radical (unpaired) electrons. The van der Waals surface area contributed by atoms with Crippen LogP contribution in [0.5, 0.6) is 11.5 Å². The van der Waals surface area contributed by atoms with Crippen LogP contribution in [-0.4, -0.2) is 33.3 Å². The molecule has 0 bridgehead atoms. The van der Waals surface area contributed by atoms with E-state index >= 15 is 0 Å². The third kappa shape index (κ3) is 4.12. The molecule has 2 aromatic carbocycles. The highest BCUT2D eigenvalue weighted by molar-refractivity contribution is 5.86. The van der Waals surface area contributed by atoms with Gasteiger partial charge in [0.2, 0.25) is 5.95 Å². The maximum absolute atomic E-state index is 11.9. The molecule has 0 spiro atoms. The van der Waals surface area contributed by atoms with Crippen LogP contribution in [0.2, 0.25) is 0 Å². The lowest BCUT2D eigenvalue weighted by atomic mass is 10.1. The SMILES string of the molecule is COc1cc([N+](=O)[O-])cc(/C=N/Nc2nc(-c3ccccc3)cc(=O)[nH]2)c1O. The van der Waals surface area contributed by atoms with Gasteiger partial charge >= 0.3 is 0 Å². The first-order valence-electron chi connectivity index (χ1n) is 7.99. The molecule has 1 heterocycles. The number of nitrogens with zero attached hydrogens (tertiary/aromatic N) is 3. The first-order valence-corrected chi connectivity index (χ1v) is 7.99. The maximum Gasteiger partial charge on any atom is 0.274 e. The van der Waals surface area contributed by atoms with Crippen molar-refractivity contribution in [2.24, 2.45) is 5.10 Å². The smallest absolute Gasteiger partial charge is 0.274 e. The van der Waals surface area contributed by atoms with E-state index in [1.54, 1.807) is 0 Å². The summed E-state index contributed by atoms with van der Waals surface area (Å²) in [5.74, 6) is -0.300. The summed E-state index contributed by atoms with van der Waals surface area (Å²) in [7, 11) is 1.28. The molecule has 3 aromatic rings. The van der Waals surface area contributed by atoms with Gasteiger partial charge in [-0.05, 0) is 0 Å². The Morgan fingerprint density at radius 1 is 1.29 bits per heavy atom. The first-order chi connectivity index (χ1) is 13.5. The number of hydrogen-bond donors (Lipinski definition) is 3. The number of phenolic OH excluding ortho intramolecular Hbond substituents is 1. The summed E-state index contributed by atoms with van der Waals surface area (Å²) in [6.07, 6.45) is 1.15. The van der Waals surface area contributed by atoms with E-state index in [1.165, 1.54) is 13.2 Å². The Bertz CT molecular complexity index is 1100. The van der Waals surface area contributed by atoms with Gasteiger partial charge in [-0.3, -0.25) is 19.9 Å². The summed E-state index contributed by atoms with van der Waals surface area (Å²) in [6, 6.07) is 12.7. The number of H-pyrrole nitrogens is 1. The van der Waals surface area contributed by atoms with Crippen molar-refractivity contribution in [3.05, 3.63) is 74.6 Å². The van der Waals surface area contributed by atoms with Gasteiger partial charge in [-0.1, -0.05) is 30.3 Å². The van der Waals surface area contributed by atoms with Gasteiger partial charge in [-0.25, -0.2) is 10.4 Å². The number of aromatic nitrogens is 2. The molecule has 3 N–H and O–H groups in total. The van der Waals surface area contributed by atoms with Crippen molar-refractivity contribution in [3.8, 4) is 22.8 Å². The highest BCUT2D eigenvalue weighted by Crippen LogP contribution is 2.33. The summed E-state index contributed by atoms with van der Waals surface area (Å²) >= 11 is 0. The second-order valence-corrected chi connectivity index (χ2v) is 5.56. The molecule has 0 aliphatic heterocycles. The van der Waals surface area contributed by atoms with E-state index in [9.17, 15) is 20.0 Å². The van der Waals surface area contributed by atoms with Crippen molar-refractivity contribution >= 4 is 17.9 Å². The molecule has 1 aromatic heterocycles. The molecule has 10 nitrogen and oxygen atoms in total. The number of benzene rings is 2. The van der Waals surface area contributed by atoms with E-state index in [1.807, 2.05) is 30.3 Å². The molecule has 0 aliphatic carbocycles. The Balaban J connectivity index is 1.88. The average molecular weight is 381 g/mol. The summed E-state index contributed by atoms with van der Waals surface area (Å²) in [5, 5.41) is 25.0. The van der Waals surface area contributed by atoms with E-state index in [-0.39, 0.29) is 34.3 Å². The predicted molar refractivity (Wildman–Crippen MR) is 103 cm³/mol. The van der Waals surface area contributed by atoms with Crippen LogP contribution in [0.15, 0.2) is 58.4 Å². The van der Waals surface area contributed by atoms with E-state index < -0.39 is 4.92 Å². The van der Waals surface area contributed by atoms with Crippen LogP contribution in [0, 0.1) is 10.1 Å². The highest BCUT2D eigenvalue weighted by atomic mass is 16.6. The first kappa shape index (κ1) is 18.6. The van der Waals surface area contributed by atoms with Gasteiger partial charge in [0.15, 0.2) is 11.5 Å². The van der Waals surface area contributed by atoms with Crippen molar-refractivity contribution in [3.63, 3.8) is 0 Å². The maximum atomic E-state index is 11.9. The fraction of sp³-hybridized carbons (Fsp3) is 0.0556. The standard InChI is InChI=1S/C18H15N5O5/c1-28-15-8-13(23(26)27)7-12(17(15)25)10-19-22-18-20-14(9-16(24)21-18)11-5-3-2-4-6-11/h2-10,25H,1H3,(H2,20,21,22,24)/b19-10+. The average Bonchev–Trinajstić information content (AvgIpc) is 2.69. The van der Waals surface area contributed by atoms with Crippen LogP contribution in [0.25, 0.3) is 11.3 Å². The van der Waals surface area contributed by atoms with Gasteiger partial charge in [0.25, 0.3) is 11.2 Å². The van der Waals surface area contributed by atoms with Crippen molar-refractivity contribution < 1.29 is 14.8 Å². The number of rotatable bonds is 6. The molecule has 0 fully saturated rings. The minimum Gasteiger partial charge on any atom is -0.504 e. The number of anilines is 1. The number of nitro groups is 1. The van der Waals surface area contributed by atoms with Crippen LogP contribution in [-0.2, 0) is 0 Å². The lowest BCUT2D eigenvalue weighted by Gasteiger charge is -2.06.